The summed E-state index contributed by atoms with van der Waals surface area (Å²) < 4.78 is 6.98. The van der Waals surface area contributed by atoms with Crippen LogP contribution in [-0.4, -0.2) is 19.7 Å². The molecular weight excluding hydrogens is 266 g/mol. The maximum Gasteiger partial charge on any atom is 0.120 e. The summed E-state index contributed by atoms with van der Waals surface area (Å²) in [4.78, 5) is 0. The Balaban J connectivity index is 2.43. The van der Waals surface area contributed by atoms with E-state index >= 15 is 0 Å². The largest absolute Gasteiger partial charge is 0.491 e. The van der Waals surface area contributed by atoms with Crippen LogP contribution in [0.4, 0.5) is 0 Å². The lowest BCUT2D eigenvalue weighted by molar-refractivity contribution is 0.207. The molecule has 1 unspecified atom stereocenters. The fourth-order valence-corrected chi connectivity index (χ4v) is 1.79. The second-order valence-electron chi connectivity index (χ2n) is 4.09. The van der Waals surface area contributed by atoms with E-state index in [1.165, 1.54) is 5.56 Å². The molecule has 0 heterocycles. The molecule has 0 spiro atoms. The average Bonchev–Trinajstić information content (AvgIpc) is 2.24. The lowest BCUT2D eigenvalue weighted by Gasteiger charge is -2.15. The molecule has 0 aromatic heterocycles. The Morgan fingerprint density at radius 2 is 2.19 bits per heavy atom. The Hall–Kier alpha value is -0.540. The van der Waals surface area contributed by atoms with E-state index in [0.717, 1.165) is 29.6 Å². The monoisotopic (exact) mass is 285 g/mol. The Morgan fingerprint density at radius 1 is 1.44 bits per heavy atom. The molecule has 16 heavy (non-hydrogen) atoms. The second kappa shape index (κ2) is 6.92. The summed E-state index contributed by atoms with van der Waals surface area (Å²) in [7, 11) is 1.98. The number of hydrogen-bond acceptors (Lipinski definition) is 2. The standard InChI is InChI=1S/C13H20BrNO/c1-10-9-12(6-7-13(10)14)16-11(2)5-4-8-15-3/h6-7,9,11,15H,4-5,8H2,1-3H3. The molecular formula is C13H20BrNO. The number of halogens is 1. The van der Waals surface area contributed by atoms with Crippen molar-refractivity contribution in [3.05, 3.63) is 28.2 Å². The minimum atomic E-state index is 0.272. The summed E-state index contributed by atoms with van der Waals surface area (Å²) in [6.45, 7) is 5.24. The van der Waals surface area contributed by atoms with Gasteiger partial charge in [0, 0.05) is 4.47 Å². The molecule has 1 rings (SSSR count). The third-order valence-corrected chi connectivity index (χ3v) is 3.39. The van der Waals surface area contributed by atoms with Crippen molar-refractivity contribution in [2.75, 3.05) is 13.6 Å². The molecule has 1 aromatic carbocycles. The van der Waals surface area contributed by atoms with Crippen molar-refractivity contribution in [1.29, 1.82) is 0 Å². The summed E-state index contributed by atoms with van der Waals surface area (Å²) in [6, 6.07) is 6.11. The van der Waals surface area contributed by atoms with Crippen LogP contribution in [0.2, 0.25) is 0 Å². The van der Waals surface area contributed by atoms with Gasteiger partial charge in [0.1, 0.15) is 5.75 Å². The van der Waals surface area contributed by atoms with Gasteiger partial charge in [-0.25, -0.2) is 0 Å². The summed E-state index contributed by atoms with van der Waals surface area (Å²) in [5.74, 6) is 0.956. The number of rotatable bonds is 6. The molecule has 90 valence electrons. The van der Waals surface area contributed by atoms with Crippen molar-refractivity contribution in [2.24, 2.45) is 0 Å². The second-order valence-corrected chi connectivity index (χ2v) is 4.94. The van der Waals surface area contributed by atoms with Gasteiger partial charge in [-0.3, -0.25) is 0 Å². The van der Waals surface area contributed by atoms with Gasteiger partial charge in [0.2, 0.25) is 0 Å². The Labute approximate surface area is 107 Å². The highest BCUT2D eigenvalue weighted by atomic mass is 79.9. The van der Waals surface area contributed by atoms with Crippen molar-refractivity contribution in [3.63, 3.8) is 0 Å². The Morgan fingerprint density at radius 3 is 2.81 bits per heavy atom. The van der Waals surface area contributed by atoms with Crippen molar-refractivity contribution in [3.8, 4) is 5.75 Å². The van der Waals surface area contributed by atoms with E-state index in [0.29, 0.717) is 0 Å². The predicted octanol–water partition coefficient (Wildman–Crippen LogP) is 3.52. The smallest absolute Gasteiger partial charge is 0.120 e. The highest BCUT2D eigenvalue weighted by Crippen LogP contribution is 2.22. The quantitative estimate of drug-likeness (QED) is 0.808. The van der Waals surface area contributed by atoms with Crippen molar-refractivity contribution >= 4 is 15.9 Å². The molecule has 0 aliphatic heterocycles. The minimum Gasteiger partial charge on any atom is -0.491 e. The van der Waals surface area contributed by atoms with Gasteiger partial charge in [0.05, 0.1) is 6.10 Å². The molecule has 1 atom stereocenters. The van der Waals surface area contributed by atoms with Crippen molar-refractivity contribution in [1.82, 2.24) is 5.32 Å². The third kappa shape index (κ3) is 4.54. The fraction of sp³-hybridized carbons (Fsp3) is 0.538. The summed E-state index contributed by atoms with van der Waals surface area (Å²) >= 11 is 3.48. The molecule has 0 aliphatic carbocycles. The highest BCUT2D eigenvalue weighted by molar-refractivity contribution is 9.10. The number of ether oxygens (including phenoxy) is 1. The molecule has 0 saturated heterocycles. The van der Waals surface area contributed by atoms with Crippen LogP contribution in [0, 0.1) is 6.92 Å². The van der Waals surface area contributed by atoms with Crippen LogP contribution in [0.15, 0.2) is 22.7 Å². The van der Waals surface area contributed by atoms with Crippen LogP contribution < -0.4 is 10.1 Å². The van der Waals surface area contributed by atoms with Gasteiger partial charge in [-0.2, -0.15) is 0 Å². The van der Waals surface area contributed by atoms with E-state index in [1.807, 2.05) is 19.2 Å². The van der Waals surface area contributed by atoms with Crippen LogP contribution in [-0.2, 0) is 0 Å². The molecule has 3 heteroatoms. The first kappa shape index (κ1) is 13.5. The van der Waals surface area contributed by atoms with Gasteiger partial charge in [0.15, 0.2) is 0 Å². The molecule has 0 aliphatic rings. The van der Waals surface area contributed by atoms with E-state index in [1.54, 1.807) is 0 Å². The van der Waals surface area contributed by atoms with Gasteiger partial charge in [-0.15, -0.1) is 0 Å². The predicted molar refractivity (Wildman–Crippen MR) is 72.1 cm³/mol. The van der Waals surface area contributed by atoms with Crippen molar-refractivity contribution in [2.45, 2.75) is 32.8 Å². The number of benzene rings is 1. The molecule has 2 nitrogen and oxygen atoms in total. The summed E-state index contributed by atoms with van der Waals surface area (Å²) in [5.41, 5.74) is 1.21. The molecule has 0 fully saturated rings. The number of nitrogens with one attached hydrogen (secondary N) is 1. The van der Waals surface area contributed by atoms with Gasteiger partial charge in [0.25, 0.3) is 0 Å². The van der Waals surface area contributed by atoms with E-state index in [2.05, 4.69) is 41.2 Å². The van der Waals surface area contributed by atoms with E-state index in [9.17, 15) is 0 Å². The first-order valence-electron chi connectivity index (χ1n) is 5.71. The van der Waals surface area contributed by atoms with Gasteiger partial charge >= 0.3 is 0 Å². The van der Waals surface area contributed by atoms with E-state index in [4.69, 9.17) is 4.74 Å². The van der Waals surface area contributed by atoms with Crippen LogP contribution in [0.25, 0.3) is 0 Å². The SMILES string of the molecule is CNCCCC(C)Oc1ccc(Br)c(C)c1. The zero-order valence-corrected chi connectivity index (χ0v) is 11.8. The van der Waals surface area contributed by atoms with Crippen molar-refractivity contribution < 1.29 is 4.74 Å². The van der Waals surface area contributed by atoms with Crippen LogP contribution in [0.1, 0.15) is 25.3 Å². The van der Waals surface area contributed by atoms with Gasteiger partial charge in [-0.1, -0.05) is 15.9 Å². The fourth-order valence-electron chi connectivity index (χ4n) is 1.55. The van der Waals surface area contributed by atoms with Crippen LogP contribution in [0.3, 0.4) is 0 Å². The molecule has 1 aromatic rings. The number of hydrogen-bond donors (Lipinski definition) is 1. The summed E-state index contributed by atoms with van der Waals surface area (Å²) in [5, 5.41) is 3.14. The van der Waals surface area contributed by atoms with Gasteiger partial charge in [-0.05, 0) is 64.0 Å². The van der Waals surface area contributed by atoms with Gasteiger partial charge < -0.3 is 10.1 Å². The maximum atomic E-state index is 5.85. The molecule has 0 radical (unpaired) electrons. The zero-order valence-electron chi connectivity index (χ0n) is 10.2. The minimum absolute atomic E-state index is 0.272. The Bertz CT molecular complexity index is 328. The average molecular weight is 286 g/mol. The normalized spacial score (nSPS) is 12.5. The first-order chi connectivity index (χ1) is 7.63. The lowest BCUT2D eigenvalue weighted by Crippen LogP contribution is -2.15. The topological polar surface area (TPSA) is 21.3 Å². The highest BCUT2D eigenvalue weighted by Gasteiger charge is 2.04. The lowest BCUT2D eigenvalue weighted by atomic mass is 10.2. The first-order valence-corrected chi connectivity index (χ1v) is 6.50. The molecule has 0 bridgehead atoms. The maximum absolute atomic E-state index is 5.85. The summed E-state index contributed by atoms with van der Waals surface area (Å²) in [6.07, 6.45) is 2.50. The molecule has 0 amide bonds. The zero-order chi connectivity index (χ0) is 12.0. The van der Waals surface area contributed by atoms with Crippen LogP contribution >= 0.6 is 15.9 Å². The number of aryl methyl sites for hydroxylation is 1. The molecule has 0 saturated carbocycles. The van der Waals surface area contributed by atoms with Crippen LogP contribution in [0.5, 0.6) is 5.75 Å². The van der Waals surface area contributed by atoms with E-state index in [-0.39, 0.29) is 6.10 Å². The third-order valence-electron chi connectivity index (χ3n) is 2.50. The van der Waals surface area contributed by atoms with E-state index < -0.39 is 0 Å². The molecule has 1 N–H and O–H groups in total. The Kier molecular flexibility index (Phi) is 5.85.